The van der Waals surface area contributed by atoms with E-state index in [1.54, 1.807) is 7.11 Å². The Hall–Kier alpha value is -1.36. The molecule has 1 aromatic rings. The van der Waals surface area contributed by atoms with Gasteiger partial charge in [-0.05, 0) is 24.7 Å². The third-order valence-corrected chi connectivity index (χ3v) is 4.77. The van der Waals surface area contributed by atoms with Crippen LogP contribution in [0.25, 0.3) is 6.08 Å². The molecule has 1 atom stereocenters. The fraction of sp³-hybridized carbons (Fsp3) is 0.556. The van der Waals surface area contributed by atoms with Crippen molar-refractivity contribution in [3.8, 4) is 5.75 Å². The molecule has 0 aromatic heterocycles. The first-order valence-electron chi connectivity index (χ1n) is 8.20. The van der Waals surface area contributed by atoms with Gasteiger partial charge in [0.05, 0.1) is 7.11 Å². The molecule has 0 saturated carbocycles. The number of benzene rings is 1. The van der Waals surface area contributed by atoms with Gasteiger partial charge < -0.3 is 9.64 Å². The summed E-state index contributed by atoms with van der Waals surface area (Å²) in [4.78, 5) is 7.68. The number of hydrogen-bond donors (Lipinski definition) is 0. The molecule has 0 amide bonds. The molecular weight excluding hydrogens is 274 g/mol. The zero-order valence-corrected chi connectivity index (χ0v) is 13.7. The van der Waals surface area contributed by atoms with Crippen LogP contribution in [-0.2, 0) is 0 Å². The van der Waals surface area contributed by atoms with Crippen molar-refractivity contribution in [1.29, 1.82) is 0 Å². The van der Waals surface area contributed by atoms with Gasteiger partial charge in [0.2, 0.25) is 0 Å². The minimum Gasteiger partial charge on any atom is -0.497 e. The summed E-state index contributed by atoms with van der Waals surface area (Å²) in [5.74, 6) is 0.912. The Bertz CT molecular complexity index is 500. The molecule has 2 fully saturated rings. The molecule has 0 bridgehead atoms. The summed E-state index contributed by atoms with van der Waals surface area (Å²) < 4.78 is 5.19. The van der Waals surface area contributed by atoms with E-state index in [1.807, 2.05) is 12.1 Å². The Kier molecular flexibility index (Phi) is 5.13. The van der Waals surface area contributed by atoms with Crippen LogP contribution in [-0.4, -0.2) is 80.7 Å². The van der Waals surface area contributed by atoms with E-state index in [0.717, 1.165) is 12.3 Å². The number of hydrogen-bond acceptors (Lipinski definition) is 4. The van der Waals surface area contributed by atoms with Crippen molar-refractivity contribution in [2.45, 2.75) is 6.04 Å². The molecule has 2 aliphatic rings. The summed E-state index contributed by atoms with van der Waals surface area (Å²) in [7, 11) is 3.94. The molecule has 0 unspecified atom stereocenters. The lowest BCUT2D eigenvalue weighted by atomic mass is 10.1. The molecule has 4 heteroatoms. The van der Waals surface area contributed by atoms with Gasteiger partial charge in [-0.15, -0.1) is 0 Å². The SMILES string of the molecule is COc1ccc(/C=C/CN2CCN3CCN(C)C[C@H]3C2)cc1. The normalized spacial score (nSPS) is 24.5. The van der Waals surface area contributed by atoms with E-state index < -0.39 is 0 Å². The summed E-state index contributed by atoms with van der Waals surface area (Å²) >= 11 is 0. The van der Waals surface area contributed by atoms with Gasteiger partial charge in [-0.3, -0.25) is 9.80 Å². The number of nitrogens with zero attached hydrogens (tertiary/aromatic N) is 3. The maximum atomic E-state index is 5.19. The minimum absolute atomic E-state index is 0.710. The van der Waals surface area contributed by atoms with Gasteiger partial charge in [0, 0.05) is 51.9 Å². The number of likely N-dealkylation sites (N-methyl/N-ethyl adjacent to an activating group) is 1. The fourth-order valence-electron chi connectivity index (χ4n) is 3.39. The number of rotatable bonds is 4. The van der Waals surface area contributed by atoms with E-state index in [4.69, 9.17) is 4.74 Å². The number of piperazine rings is 2. The maximum Gasteiger partial charge on any atom is 0.118 e. The van der Waals surface area contributed by atoms with Crippen LogP contribution in [0.2, 0.25) is 0 Å². The molecule has 1 aromatic carbocycles. The van der Waals surface area contributed by atoms with Crippen LogP contribution in [0, 0.1) is 0 Å². The van der Waals surface area contributed by atoms with Gasteiger partial charge in [-0.1, -0.05) is 24.3 Å². The van der Waals surface area contributed by atoms with Crippen LogP contribution in [0.5, 0.6) is 5.75 Å². The Morgan fingerprint density at radius 1 is 1.09 bits per heavy atom. The van der Waals surface area contributed by atoms with Gasteiger partial charge in [-0.25, -0.2) is 0 Å². The number of methoxy groups -OCH3 is 1. The highest BCUT2D eigenvalue weighted by Crippen LogP contribution is 2.15. The molecule has 0 radical (unpaired) electrons. The van der Waals surface area contributed by atoms with Crippen molar-refractivity contribution in [2.24, 2.45) is 0 Å². The average Bonchev–Trinajstić information content (AvgIpc) is 2.55. The highest BCUT2D eigenvalue weighted by molar-refractivity contribution is 5.50. The Balaban J connectivity index is 1.49. The topological polar surface area (TPSA) is 19.0 Å². The lowest BCUT2D eigenvalue weighted by Gasteiger charge is -2.46. The van der Waals surface area contributed by atoms with Crippen molar-refractivity contribution < 1.29 is 4.74 Å². The Morgan fingerprint density at radius 3 is 2.64 bits per heavy atom. The largest absolute Gasteiger partial charge is 0.497 e. The Labute approximate surface area is 134 Å². The first-order chi connectivity index (χ1) is 10.7. The zero-order chi connectivity index (χ0) is 15.4. The van der Waals surface area contributed by atoms with Crippen LogP contribution in [0.3, 0.4) is 0 Å². The van der Waals surface area contributed by atoms with Crippen molar-refractivity contribution in [3.05, 3.63) is 35.9 Å². The predicted octanol–water partition coefficient (Wildman–Crippen LogP) is 1.64. The van der Waals surface area contributed by atoms with E-state index in [1.165, 1.54) is 44.8 Å². The second-order valence-corrected chi connectivity index (χ2v) is 6.39. The van der Waals surface area contributed by atoms with E-state index >= 15 is 0 Å². The molecule has 0 N–H and O–H groups in total. The first-order valence-corrected chi connectivity index (χ1v) is 8.20. The second-order valence-electron chi connectivity index (χ2n) is 6.39. The summed E-state index contributed by atoms with van der Waals surface area (Å²) in [5.41, 5.74) is 1.23. The quantitative estimate of drug-likeness (QED) is 0.841. The van der Waals surface area contributed by atoms with Gasteiger partial charge in [0.25, 0.3) is 0 Å². The second kappa shape index (κ2) is 7.27. The maximum absolute atomic E-state index is 5.19. The van der Waals surface area contributed by atoms with Crippen LogP contribution >= 0.6 is 0 Å². The smallest absolute Gasteiger partial charge is 0.118 e. The molecule has 2 aliphatic heterocycles. The van der Waals surface area contributed by atoms with Gasteiger partial charge >= 0.3 is 0 Å². The monoisotopic (exact) mass is 301 g/mol. The molecule has 120 valence electrons. The first kappa shape index (κ1) is 15.5. The van der Waals surface area contributed by atoms with Crippen LogP contribution in [0.15, 0.2) is 30.3 Å². The lowest BCUT2D eigenvalue weighted by molar-refractivity contribution is 0.0246. The molecular formula is C18H27N3O. The molecule has 2 heterocycles. The van der Waals surface area contributed by atoms with Gasteiger partial charge in [0.15, 0.2) is 0 Å². The van der Waals surface area contributed by atoms with E-state index in [0.29, 0.717) is 6.04 Å². The standard InChI is InChI=1S/C18H27N3O/c1-19-10-12-21-13-11-20(15-17(21)14-19)9-3-4-16-5-7-18(22-2)8-6-16/h3-8,17H,9-15H2,1-2H3/b4-3+/t17-/m0/s1. The molecule has 2 saturated heterocycles. The van der Waals surface area contributed by atoms with E-state index in [9.17, 15) is 0 Å². The minimum atomic E-state index is 0.710. The summed E-state index contributed by atoms with van der Waals surface area (Å²) in [6, 6.07) is 8.93. The lowest BCUT2D eigenvalue weighted by Crippen LogP contribution is -2.61. The van der Waals surface area contributed by atoms with Crippen LogP contribution in [0.1, 0.15) is 5.56 Å². The average molecular weight is 301 g/mol. The third kappa shape index (κ3) is 3.88. The molecule has 0 aliphatic carbocycles. The molecule has 22 heavy (non-hydrogen) atoms. The number of fused-ring (bicyclic) bond motifs is 1. The Morgan fingerprint density at radius 2 is 1.86 bits per heavy atom. The van der Waals surface area contributed by atoms with Crippen LogP contribution in [0.4, 0.5) is 0 Å². The van der Waals surface area contributed by atoms with E-state index in [2.05, 4.69) is 46.0 Å². The highest BCUT2D eigenvalue weighted by atomic mass is 16.5. The van der Waals surface area contributed by atoms with Gasteiger partial charge in [0.1, 0.15) is 5.75 Å². The summed E-state index contributed by atoms with van der Waals surface area (Å²) in [6.45, 7) is 8.29. The van der Waals surface area contributed by atoms with Crippen molar-refractivity contribution in [2.75, 3.05) is 60.0 Å². The molecule has 4 nitrogen and oxygen atoms in total. The van der Waals surface area contributed by atoms with Crippen molar-refractivity contribution >= 4 is 6.08 Å². The predicted molar refractivity (Wildman–Crippen MR) is 91.3 cm³/mol. The zero-order valence-electron chi connectivity index (χ0n) is 13.7. The highest BCUT2D eigenvalue weighted by Gasteiger charge is 2.30. The van der Waals surface area contributed by atoms with Gasteiger partial charge in [-0.2, -0.15) is 0 Å². The van der Waals surface area contributed by atoms with E-state index in [-0.39, 0.29) is 0 Å². The van der Waals surface area contributed by atoms with Crippen LogP contribution < -0.4 is 4.74 Å². The van der Waals surface area contributed by atoms with Crippen molar-refractivity contribution in [1.82, 2.24) is 14.7 Å². The molecule has 3 rings (SSSR count). The number of ether oxygens (including phenoxy) is 1. The summed E-state index contributed by atoms with van der Waals surface area (Å²) in [5, 5.41) is 0. The third-order valence-electron chi connectivity index (χ3n) is 4.77. The fourth-order valence-corrected chi connectivity index (χ4v) is 3.39. The molecule has 0 spiro atoms. The summed E-state index contributed by atoms with van der Waals surface area (Å²) in [6.07, 6.45) is 4.49. The van der Waals surface area contributed by atoms with Crippen molar-refractivity contribution in [3.63, 3.8) is 0 Å².